The van der Waals surface area contributed by atoms with E-state index in [9.17, 15) is 18.0 Å². The number of hydrogen-bond acceptors (Lipinski definition) is 2. The van der Waals surface area contributed by atoms with Crippen LogP contribution in [0.15, 0.2) is 48.5 Å². The summed E-state index contributed by atoms with van der Waals surface area (Å²) in [6.07, 6.45) is -4.34. The van der Waals surface area contributed by atoms with Gasteiger partial charge in [-0.1, -0.05) is 24.3 Å². The van der Waals surface area contributed by atoms with Crippen LogP contribution >= 0.6 is 0 Å². The van der Waals surface area contributed by atoms with Crippen LogP contribution in [0.2, 0.25) is 0 Å². The van der Waals surface area contributed by atoms with Crippen LogP contribution in [0, 0.1) is 0 Å². The van der Waals surface area contributed by atoms with E-state index in [0.29, 0.717) is 17.9 Å². The first kappa shape index (κ1) is 16.9. The molecule has 2 aromatic carbocycles. The lowest BCUT2D eigenvalue weighted by Gasteiger charge is -2.09. The van der Waals surface area contributed by atoms with Crippen LogP contribution < -0.4 is 10.1 Å². The summed E-state index contributed by atoms with van der Waals surface area (Å²) in [5.41, 5.74) is 0.685. The number of carbonyl (C=O) groups excluding carboxylic acids is 1. The summed E-state index contributed by atoms with van der Waals surface area (Å²) in [6, 6.07) is 11.8. The van der Waals surface area contributed by atoms with Gasteiger partial charge in [-0.2, -0.15) is 13.2 Å². The number of nitrogens with one attached hydrogen (secondary N) is 1. The fourth-order valence-corrected chi connectivity index (χ4v) is 2.04. The molecule has 6 heteroatoms. The lowest BCUT2D eigenvalue weighted by Crippen LogP contribution is -2.24. The maximum atomic E-state index is 12.5. The fourth-order valence-electron chi connectivity index (χ4n) is 2.04. The lowest BCUT2D eigenvalue weighted by atomic mass is 10.1. The minimum atomic E-state index is -4.37. The van der Waals surface area contributed by atoms with Gasteiger partial charge in [-0.05, 0) is 35.4 Å². The second-order valence-electron chi connectivity index (χ2n) is 5.00. The first-order valence-electron chi connectivity index (χ1n) is 6.94. The summed E-state index contributed by atoms with van der Waals surface area (Å²) in [5.74, 6) is 0.437. The van der Waals surface area contributed by atoms with Gasteiger partial charge in [-0.15, -0.1) is 0 Å². The maximum absolute atomic E-state index is 12.5. The summed E-state index contributed by atoms with van der Waals surface area (Å²) >= 11 is 0. The number of hydrogen-bond donors (Lipinski definition) is 1. The molecule has 0 fully saturated rings. The van der Waals surface area contributed by atoms with E-state index >= 15 is 0 Å². The van der Waals surface area contributed by atoms with Crippen LogP contribution in [-0.4, -0.2) is 13.0 Å². The first-order valence-corrected chi connectivity index (χ1v) is 6.94. The minimum Gasteiger partial charge on any atom is -0.497 e. The second-order valence-corrected chi connectivity index (χ2v) is 5.00. The third kappa shape index (κ3) is 5.02. The van der Waals surface area contributed by atoms with Crippen molar-refractivity contribution in [2.45, 2.75) is 19.1 Å². The number of amides is 1. The fraction of sp³-hybridized carbons (Fsp3) is 0.235. The predicted octanol–water partition coefficient (Wildman–Crippen LogP) is 3.57. The molecule has 2 aromatic rings. The maximum Gasteiger partial charge on any atom is 0.416 e. The van der Waals surface area contributed by atoms with E-state index < -0.39 is 11.7 Å². The third-order valence-electron chi connectivity index (χ3n) is 3.27. The van der Waals surface area contributed by atoms with Gasteiger partial charge in [-0.3, -0.25) is 4.79 Å². The number of rotatable bonds is 5. The summed E-state index contributed by atoms with van der Waals surface area (Å²) in [7, 11) is 1.56. The second kappa shape index (κ2) is 7.17. The highest BCUT2D eigenvalue weighted by molar-refractivity contribution is 5.78. The van der Waals surface area contributed by atoms with Crippen LogP contribution in [0.3, 0.4) is 0 Å². The van der Waals surface area contributed by atoms with Gasteiger partial charge in [0.05, 0.1) is 19.1 Å². The minimum absolute atomic E-state index is 0.0299. The van der Waals surface area contributed by atoms with Gasteiger partial charge in [0.25, 0.3) is 0 Å². The molecular formula is C17H16F3NO2. The molecule has 3 nitrogen and oxygen atoms in total. The van der Waals surface area contributed by atoms with Gasteiger partial charge in [0.1, 0.15) is 5.75 Å². The van der Waals surface area contributed by atoms with E-state index in [1.54, 1.807) is 19.2 Å². The molecule has 0 aliphatic heterocycles. The summed E-state index contributed by atoms with van der Waals surface area (Å²) < 4.78 is 42.5. The first-order chi connectivity index (χ1) is 10.9. The Morgan fingerprint density at radius 1 is 1.09 bits per heavy atom. The van der Waals surface area contributed by atoms with Gasteiger partial charge in [0.15, 0.2) is 0 Å². The van der Waals surface area contributed by atoms with Crippen LogP contribution in [-0.2, 0) is 23.9 Å². The van der Waals surface area contributed by atoms with E-state index in [1.807, 2.05) is 12.1 Å². The molecule has 0 aliphatic rings. The Morgan fingerprint density at radius 2 is 1.78 bits per heavy atom. The molecular weight excluding hydrogens is 307 g/mol. The van der Waals surface area contributed by atoms with Gasteiger partial charge in [0, 0.05) is 6.54 Å². The molecule has 0 atom stereocenters. The molecule has 0 saturated carbocycles. The Bertz CT molecular complexity index is 666. The Kier molecular flexibility index (Phi) is 5.26. The van der Waals surface area contributed by atoms with Crippen LogP contribution in [0.1, 0.15) is 16.7 Å². The van der Waals surface area contributed by atoms with E-state index in [4.69, 9.17) is 4.74 Å². The lowest BCUT2D eigenvalue weighted by molar-refractivity contribution is -0.137. The average Bonchev–Trinajstić information content (AvgIpc) is 2.53. The number of carbonyl (C=O) groups is 1. The largest absolute Gasteiger partial charge is 0.497 e. The molecule has 1 amide bonds. The highest BCUT2D eigenvalue weighted by atomic mass is 19.4. The van der Waals surface area contributed by atoms with Gasteiger partial charge < -0.3 is 10.1 Å². The van der Waals surface area contributed by atoms with Gasteiger partial charge >= 0.3 is 6.18 Å². The zero-order chi connectivity index (χ0) is 16.9. The average molecular weight is 323 g/mol. The zero-order valence-corrected chi connectivity index (χ0v) is 12.5. The molecule has 0 heterocycles. The summed E-state index contributed by atoms with van der Waals surface area (Å²) in [6.45, 7) is 0.330. The molecule has 0 spiro atoms. The van der Waals surface area contributed by atoms with E-state index in [-0.39, 0.29) is 12.3 Å². The standard InChI is InChI=1S/C17H16F3NO2/c1-23-15-4-2-3-13(9-15)11-21-16(22)10-12-5-7-14(8-6-12)17(18,19)20/h2-9H,10-11H2,1H3,(H,21,22). The van der Waals surface area contributed by atoms with Crippen LogP contribution in [0.5, 0.6) is 5.75 Å². The highest BCUT2D eigenvalue weighted by Crippen LogP contribution is 2.29. The SMILES string of the molecule is COc1cccc(CNC(=O)Cc2ccc(C(F)(F)F)cc2)c1. The zero-order valence-electron chi connectivity index (χ0n) is 12.5. The van der Waals surface area contributed by atoms with Crippen molar-refractivity contribution in [3.05, 3.63) is 65.2 Å². The van der Waals surface area contributed by atoms with Crippen molar-refractivity contribution in [1.82, 2.24) is 5.32 Å². The Morgan fingerprint density at radius 3 is 2.39 bits per heavy atom. The quantitative estimate of drug-likeness (QED) is 0.913. The summed E-state index contributed by atoms with van der Waals surface area (Å²) in [4.78, 5) is 11.9. The smallest absolute Gasteiger partial charge is 0.416 e. The summed E-state index contributed by atoms with van der Waals surface area (Å²) in [5, 5.41) is 2.73. The van der Waals surface area contributed by atoms with Crippen LogP contribution in [0.4, 0.5) is 13.2 Å². The molecule has 0 saturated heterocycles. The van der Waals surface area contributed by atoms with Crippen LogP contribution in [0.25, 0.3) is 0 Å². The number of methoxy groups -OCH3 is 1. The van der Waals surface area contributed by atoms with Gasteiger partial charge in [-0.25, -0.2) is 0 Å². The van der Waals surface area contributed by atoms with E-state index in [0.717, 1.165) is 17.7 Å². The van der Waals surface area contributed by atoms with Gasteiger partial charge in [0.2, 0.25) is 5.91 Å². The monoisotopic (exact) mass is 323 g/mol. The van der Waals surface area contributed by atoms with Crippen molar-refractivity contribution in [1.29, 1.82) is 0 Å². The van der Waals surface area contributed by atoms with Crippen molar-refractivity contribution >= 4 is 5.91 Å². The van der Waals surface area contributed by atoms with Crippen molar-refractivity contribution < 1.29 is 22.7 Å². The predicted molar refractivity (Wildman–Crippen MR) is 80.0 cm³/mol. The molecule has 2 rings (SSSR count). The Labute approximate surface area is 132 Å². The molecule has 0 unspecified atom stereocenters. The molecule has 0 bridgehead atoms. The molecule has 1 N–H and O–H groups in total. The number of ether oxygens (including phenoxy) is 1. The number of halogens is 3. The molecule has 122 valence electrons. The van der Waals surface area contributed by atoms with Crippen molar-refractivity contribution in [2.75, 3.05) is 7.11 Å². The highest BCUT2D eigenvalue weighted by Gasteiger charge is 2.29. The van der Waals surface area contributed by atoms with Crippen molar-refractivity contribution in [3.8, 4) is 5.75 Å². The topological polar surface area (TPSA) is 38.3 Å². The van der Waals surface area contributed by atoms with E-state index in [2.05, 4.69) is 5.32 Å². The normalized spacial score (nSPS) is 11.1. The molecule has 0 aromatic heterocycles. The third-order valence-corrected chi connectivity index (χ3v) is 3.27. The van der Waals surface area contributed by atoms with Crippen molar-refractivity contribution in [2.24, 2.45) is 0 Å². The number of benzene rings is 2. The molecule has 0 radical (unpaired) electrons. The molecule has 0 aliphatic carbocycles. The molecule has 23 heavy (non-hydrogen) atoms. The van der Waals surface area contributed by atoms with Crippen molar-refractivity contribution in [3.63, 3.8) is 0 Å². The van der Waals surface area contributed by atoms with E-state index in [1.165, 1.54) is 12.1 Å². The number of alkyl halides is 3. The Balaban J connectivity index is 1.89. The Hall–Kier alpha value is -2.50.